The number of aryl methyl sites for hydroxylation is 2. The van der Waals surface area contributed by atoms with Crippen molar-refractivity contribution >= 4 is 28.3 Å². The molecule has 4 rings (SSSR count). The Labute approximate surface area is 176 Å². The number of nitrogens with zero attached hydrogens (tertiary/aromatic N) is 4. The molecule has 0 saturated carbocycles. The Kier molecular flexibility index (Phi) is 5.81. The normalized spacial score (nSPS) is 14.9. The van der Waals surface area contributed by atoms with Gasteiger partial charge >= 0.3 is 0 Å². The molecule has 0 spiro atoms. The minimum absolute atomic E-state index is 0.245. The molecular formula is C23H27N5O2. The Morgan fingerprint density at radius 1 is 1.13 bits per heavy atom. The van der Waals surface area contributed by atoms with E-state index in [0.29, 0.717) is 5.56 Å². The molecule has 1 aliphatic heterocycles. The van der Waals surface area contributed by atoms with Crippen LogP contribution in [0.25, 0.3) is 11.0 Å². The van der Waals surface area contributed by atoms with Gasteiger partial charge in [0.05, 0.1) is 30.0 Å². The van der Waals surface area contributed by atoms with Crippen molar-refractivity contribution in [3.8, 4) is 0 Å². The third kappa shape index (κ3) is 4.07. The molecule has 1 N–H and O–H groups in total. The maximum absolute atomic E-state index is 12.6. The number of carbonyl (C=O) groups is 1. The molecule has 1 saturated heterocycles. The van der Waals surface area contributed by atoms with E-state index in [9.17, 15) is 4.79 Å². The van der Waals surface area contributed by atoms with Crippen LogP contribution in [-0.4, -0.2) is 47.5 Å². The molecule has 7 heteroatoms. The number of ether oxygens (including phenoxy) is 1. The van der Waals surface area contributed by atoms with Crippen molar-refractivity contribution in [1.29, 1.82) is 0 Å². The molecular weight excluding hydrogens is 378 g/mol. The van der Waals surface area contributed by atoms with E-state index in [1.54, 1.807) is 0 Å². The minimum Gasteiger partial charge on any atom is -0.378 e. The number of rotatable bonds is 5. The lowest BCUT2D eigenvalue weighted by Crippen LogP contribution is -2.36. The van der Waals surface area contributed by atoms with E-state index < -0.39 is 0 Å². The van der Waals surface area contributed by atoms with Crippen LogP contribution in [0.3, 0.4) is 0 Å². The second-order valence-corrected chi connectivity index (χ2v) is 7.39. The van der Waals surface area contributed by atoms with Gasteiger partial charge in [0.2, 0.25) is 0 Å². The van der Waals surface area contributed by atoms with E-state index in [-0.39, 0.29) is 5.91 Å². The topological polar surface area (TPSA) is 71.8 Å². The number of carbonyl (C=O) groups excluding carboxylic acids is 1. The molecule has 3 aromatic rings. The summed E-state index contributed by atoms with van der Waals surface area (Å²) in [7, 11) is 0. The Balaban J connectivity index is 1.44. The van der Waals surface area contributed by atoms with Crippen molar-refractivity contribution in [2.24, 2.45) is 5.10 Å². The van der Waals surface area contributed by atoms with Crippen molar-refractivity contribution in [1.82, 2.24) is 15.0 Å². The summed E-state index contributed by atoms with van der Waals surface area (Å²) < 4.78 is 7.53. The number of anilines is 1. The van der Waals surface area contributed by atoms with Crippen LogP contribution in [0.4, 0.5) is 5.69 Å². The van der Waals surface area contributed by atoms with Crippen LogP contribution in [0.1, 0.15) is 35.6 Å². The van der Waals surface area contributed by atoms with Crippen LogP contribution < -0.4 is 10.3 Å². The lowest BCUT2D eigenvalue weighted by molar-refractivity contribution is 0.0955. The minimum atomic E-state index is -0.245. The fraction of sp³-hybridized carbons (Fsp3) is 0.348. The number of nitrogens with one attached hydrogen (secondary N) is 1. The number of amides is 1. The fourth-order valence-electron chi connectivity index (χ4n) is 3.79. The number of aromatic nitrogens is 2. The fourth-order valence-corrected chi connectivity index (χ4v) is 3.79. The van der Waals surface area contributed by atoms with E-state index >= 15 is 0 Å². The van der Waals surface area contributed by atoms with Crippen LogP contribution in [-0.2, 0) is 11.3 Å². The zero-order valence-electron chi connectivity index (χ0n) is 17.7. The highest BCUT2D eigenvalue weighted by atomic mass is 16.5. The number of benzene rings is 2. The monoisotopic (exact) mass is 405 g/mol. The highest BCUT2D eigenvalue weighted by molar-refractivity contribution is 6.01. The van der Waals surface area contributed by atoms with E-state index in [1.165, 1.54) is 5.69 Å². The van der Waals surface area contributed by atoms with Gasteiger partial charge < -0.3 is 14.2 Å². The van der Waals surface area contributed by atoms with Crippen molar-refractivity contribution in [2.45, 2.75) is 27.3 Å². The van der Waals surface area contributed by atoms with Gasteiger partial charge in [-0.25, -0.2) is 10.4 Å². The van der Waals surface area contributed by atoms with Gasteiger partial charge in [-0.05, 0) is 56.7 Å². The number of imidazole rings is 1. The molecule has 2 heterocycles. The van der Waals surface area contributed by atoms with Gasteiger partial charge in [-0.15, -0.1) is 0 Å². The average Bonchev–Trinajstić information content (AvgIpc) is 3.11. The smallest absolute Gasteiger partial charge is 0.271 e. The first kappa shape index (κ1) is 20.1. The first-order chi connectivity index (χ1) is 14.6. The van der Waals surface area contributed by atoms with Crippen molar-refractivity contribution in [3.05, 3.63) is 59.4 Å². The quantitative estimate of drug-likeness (QED) is 0.522. The molecule has 0 aliphatic carbocycles. The van der Waals surface area contributed by atoms with Gasteiger partial charge in [0.25, 0.3) is 5.91 Å². The highest BCUT2D eigenvalue weighted by Gasteiger charge is 2.12. The third-order valence-electron chi connectivity index (χ3n) is 5.50. The average molecular weight is 406 g/mol. The Morgan fingerprint density at radius 3 is 2.53 bits per heavy atom. The SMILES string of the molecule is CCn1c(C)nc2cc(C(=O)N/N=C(\C)c3ccc(N4CCOCC4)cc3)ccc21. The lowest BCUT2D eigenvalue weighted by atomic mass is 10.1. The van der Waals surface area contributed by atoms with Gasteiger partial charge in [0, 0.05) is 30.9 Å². The number of hydrogen-bond donors (Lipinski definition) is 1. The maximum Gasteiger partial charge on any atom is 0.271 e. The number of hydrogen-bond acceptors (Lipinski definition) is 5. The van der Waals surface area contributed by atoms with Crippen LogP contribution in [0.15, 0.2) is 47.6 Å². The molecule has 0 bridgehead atoms. The zero-order valence-corrected chi connectivity index (χ0v) is 17.7. The second-order valence-electron chi connectivity index (χ2n) is 7.39. The molecule has 156 valence electrons. The molecule has 1 fully saturated rings. The molecule has 1 amide bonds. The Bertz CT molecular complexity index is 1080. The van der Waals surface area contributed by atoms with Crippen LogP contribution in [0, 0.1) is 6.92 Å². The van der Waals surface area contributed by atoms with Gasteiger partial charge in [0.1, 0.15) is 5.82 Å². The number of fused-ring (bicyclic) bond motifs is 1. The highest BCUT2D eigenvalue weighted by Crippen LogP contribution is 2.19. The third-order valence-corrected chi connectivity index (χ3v) is 5.50. The largest absolute Gasteiger partial charge is 0.378 e. The number of hydrazone groups is 1. The summed E-state index contributed by atoms with van der Waals surface area (Å²) in [5.74, 6) is 0.698. The Hall–Kier alpha value is -3.19. The zero-order chi connectivity index (χ0) is 21.1. The van der Waals surface area contributed by atoms with E-state index in [0.717, 1.165) is 61.0 Å². The molecule has 0 atom stereocenters. The van der Waals surface area contributed by atoms with Crippen molar-refractivity contribution in [3.63, 3.8) is 0 Å². The maximum atomic E-state index is 12.6. The molecule has 30 heavy (non-hydrogen) atoms. The number of morpholine rings is 1. The van der Waals surface area contributed by atoms with E-state index in [2.05, 4.69) is 44.0 Å². The van der Waals surface area contributed by atoms with Crippen LogP contribution in [0.2, 0.25) is 0 Å². The summed E-state index contributed by atoms with van der Waals surface area (Å²) in [4.78, 5) is 19.4. The van der Waals surface area contributed by atoms with Crippen molar-refractivity contribution in [2.75, 3.05) is 31.2 Å². The molecule has 2 aromatic carbocycles. The molecule has 1 aliphatic rings. The van der Waals surface area contributed by atoms with Gasteiger partial charge in [-0.3, -0.25) is 4.79 Å². The van der Waals surface area contributed by atoms with Gasteiger partial charge in [-0.1, -0.05) is 12.1 Å². The summed E-state index contributed by atoms with van der Waals surface area (Å²) in [6.45, 7) is 10.1. The summed E-state index contributed by atoms with van der Waals surface area (Å²) in [6.07, 6.45) is 0. The Morgan fingerprint density at radius 2 is 1.83 bits per heavy atom. The molecule has 0 unspecified atom stereocenters. The summed E-state index contributed by atoms with van der Waals surface area (Å²) in [5, 5.41) is 4.29. The standard InChI is InChI=1S/C23H27N5O2/c1-4-28-17(3)24-21-15-19(7-10-22(21)28)23(29)26-25-16(2)18-5-8-20(9-6-18)27-11-13-30-14-12-27/h5-10,15H,4,11-14H2,1-3H3,(H,26,29)/b25-16+. The molecule has 1 aromatic heterocycles. The van der Waals surface area contributed by atoms with Crippen molar-refractivity contribution < 1.29 is 9.53 Å². The second kappa shape index (κ2) is 8.67. The van der Waals surface area contributed by atoms with E-state index in [4.69, 9.17) is 4.74 Å². The summed E-state index contributed by atoms with van der Waals surface area (Å²) >= 11 is 0. The lowest BCUT2D eigenvalue weighted by Gasteiger charge is -2.28. The van der Waals surface area contributed by atoms with Gasteiger partial charge in [0.15, 0.2) is 0 Å². The molecule has 0 radical (unpaired) electrons. The van der Waals surface area contributed by atoms with Crippen LogP contribution >= 0.6 is 0 Å². The first-order valence-electron chi connectivity index (χ1n) is 10.3. The first-order valence-corrected chi connectivity index (χ1v) is 10.3. The van der Waals surface area contributed by atoms with E-state index in [1.807, 2.05) is 44.2 Å². The summed E-state index contributed by atoms with van der Waals surface area (Å²) in [5.41, 5.74) is 7.96. The molecule has 7 nitrogen and oxygen atoms in total. The predicted molar refractivity (Wildman–Crippen MR) is 119 cm³/mol. The summed E-state index contributed by atoms with van der Waals surface area (Å²) in [6, 6.07) is 13.8. The van der Waals surface area contributed by atoms with Gasteiger partial charge in [-0.2, -0.15) is 5.10 Å². The predicted octanol–water partition coefficient (Wildman–Crippen LogP) is 3.36. The van der Waals surface area contributed by atoms with Crippen LogP contribution in [0.5, 0.6) is 0 Å².